The summed E-state index contributed by atoms with van der Waals surface area (Å²) in [6.07, 6.45) is -0.605. The first-order chi connectivity index (χ1) is 10.7. The van der Waals surface area contributed by atoms with Crippen molar-refractivity contribution in [1.29, 1.82) is 0 Å². The van der Waals surface area contributed by atoms with E-state index in [1.807, 2.05) is 19.9 Å². The molecule has 3 N–H and O–H groups in total. The van der Waals surface area contributed by atoms with Crippen molar-refractivity contribution in [3.63, 3.8) is 0 Å². The van der Waals surface area contributed by atoms with Crippen LogP contribution < -0.4 is 0 Å². The van der Waals surface area contributed by atoms with Crippen LogP contribution in [0.2, 0.25) is 0 Å². The van der Waals surface area contributed by atoms with E-state index in [1.165, 1.54) is 5.56 Å². The lowest BCUT2D eigenvalue weighted by Gasteiger charge is -2.37. The molecule has 0 aliphatic heterocycles. The Morgan fingerprint density at radius 3 is 1.88 bits per heavy atom. The molecule has 0 bridgehead atoms. The molecular weight excluding hydrogens is 323 g/mol. The van der Waals surface area contributed by atoms with Gasteiger partial charge in [0.05, 0.1) is 12.7 Å². The second kappa shape index (κ2) is 7.39. The van der Waals surface area contributed by atoms with Crippen molar-refractivity contribution in [2.75, 3.05) is 6.61 Å². The molecule has 1 unspecified atom stereocenters. The van der Waals surface area contributed by atoms with E-state index >= 15 is 0 Å². The van der Waals surface area contributed by atoms with Gasteiger partial charge in [-0.15, -0.1) is 0 Å². The van der Waals surface area contributed by atoms with Gasteiger partial charge in [0.15, 0.2) is 0 Å². The van der Waals surface area contributed by atoms with Crippen molar-refractivity contribution in [2.24, 2.45) is 5.41 Å². The number of hydrogen-bond acceptors (Lipinski definition) is 4. The Morgan fingerprint density at radius 1 is 0.958 bits per heavy atom. The summed E-state index contributed by atoms with van der Waals surface area (Å²) in [5, 5.41) is 9.78. The molecule has 1 aromatic rings. The highest BCUT2D eigenvalue weighted by atomic mass is 31.2. The summed E-state index contributed by atoms with van der Waals surface area (Å²) >= 11 is 0. The number of rotatable bonds is 5. The molecule has 0 fully saturated rings. The Kier molecular flexibility index (Phi) is 6.63. The van der Waals surface area contributed by atoms with Gasteiger partial charge < -0.3 is 19.4 Å². The van der Waals surface area contributed by atoms with Gasteiger partial charge >= 0.3 is 8.60 Å². The summed E-state index contributed by atoms with van der Waals surface area (Å²) in [5.74, 6) is 0. The standard InChI is InChI=1S/C19H33O4P/c1-17(2,3)13-9-10-14(15(11-13)18(4,5)6)16(23-24(21)22)19(7,8)12-20/h9-11,16,20-22H,12H2,1-8H3. The lowest BCUT2D eigenvalue weighted by molar-refractivity contribution is 0.0155. The molecule has 24 heavy (non-hydrogen) atoms. The molecule has 1 aromatic carbocycles. The Labute approximate surface area is 147 Å². The first-order valence-corrected chi connectivity index (χ1v) is 9.47. The van der Waals surface area contributed by atoms with E-state index < -0.39 is 20.1 Å². The molecule has 0 heterocycles. The fourth-order valence-corrected chi connectivity index (χ4v) is 3.29. The first-order valence-electron chi connectivity index (χ1n) is 8.30. The predicted octanol–water partition coefficient (Wildman–Crippen LogP) is 4.57. The van der Waals surface area contributed by atoms with Gasteiger partial charge in [0.2, 0.25) is 0 Å². The van der Waals surface area contributed by atoms with E-state index in [9.17, 15) is 14.9 Å². The van der Waals surface area contributed by atoms with Crippen molar-refractivity contribution < 1.29 is 19.4 Å². The average molecular weight is 356 g/mol. The molecule has 0 saturated carbocycles. The number of aliphatic hydroxyl groups excluding tert-OH is 1. The lowest BCUT2D eigenvalue weighted by Crippen LogP contribution is -2.30. The summed E-state index contributed by atoms with van der Waals surface area (Å²) in [5.41, 5.74) is 2.43. The van der Waals surface area contributed by atoms with Crippen molar-refractivity contribution in [2.45, 2.75) is 72.3 Å². The molecule has 0 amide bonds. The van der Waals surface area contributed by atoms with Crippen molar-refractivity contribution in [1.82, 2.24) is 0 Å². The second-order valence-electron chi connectivity index (χ2n) is 9.19. The topological polar surface area (TPSA) is 69.9 Å². The first kappa shape index (κ1) is 21.5. The van der Waals surface area contributed by atoms with Crippen LogP contribution in [0.25, 0.3) is 0 Å². The van der Waals surface area contributed by atoms with Crippen LogP contribution in [-0.4, -0.2) is 21.5 Å². The van der Waals surface area contributed by atoms with Crippen LogP contribution in [0, 0.1) is 5.41 Å². The maximum Gasteiger partial charge on any atom is 0.327 e. The highest BCUT2D eigenvalue weighted by Crippen LogP contribution is 2.47. The molecule has 0 aromatic heterocycles. The molecule has 0 aliphatic carbocycles. The molecule has 1 rings (SSSR count). The van der Waals surface area contributed by atoms with Gasteiger partial charge in [-0.1, -0.05) is 73.6 Å². The van der Waals surface area contributed by atoms with E-state index in [2.05, 4.69) is 53.7 Å². The third kappa shape index (κ3) is 5.24. The van der Waals surface area contributed by atoms with Crippen LogP contribution in [0.5, 0.6) is 0 Å². The van der Waals surface area contributed by atoms with Crippen molar-refractivity contribution in [3.05, 3.63) is 34.9 Å². The summed E-state index contributed by atoms with van der Waals surface area (Å²) in [6.45, 7) is 16.5. The fraction of sp³-hybridized carbons (Fsp3) is 0.684. The van der Waals surface area contributed by atoms with Gasteiger partial charge in [-0.25, -0.2) is 0 Å². The summed E-state index contributed by atoms with van der Waals surface area (Å²) < 4.78 is 5.47. The van der Waals surface area contributed by atoms with E-state index in [0.717, 1.165) is 11.1 Å². The summed E-state index contributed by atoms with van der Waals surface area (Å²) in [4.78, 5) is 18.9. The van der Waals surface area contributed by atoms with Crippen LogP contribution in [0.4, 0.5) is 0 Å². The zero-order valence-electron chi connectivity index (χ0n) is 16.2. The van der Waals surface area contributed by atoms with Gasteiger partial charge in [0.1, 0.15) is 0 Å². The Morgan fingerprint density at radius 2 is 1.50 bits per heavy atom. The summed E-state index contributed by atoms with van der Waals surface area (Å²) in [7, 11) is -2.52. The SMILES string of the molecule is CC(C)(C)c1ccc(C(OP(O)O)C(C)(C)CO)c(C(C)(C)C)c1. The number of hydrogen-bond donors (Lipinski definition) is 3. The molecule has 4 nitrogen and oxygen atoms in total. The molecule has 0 saturated heterocycles. The van der Waals surface area contributed by atoms with Gasteiger partial charge in [-0.3, -0.25) is 0 Å². The second-order valence-corrected chi connectivity index (χ2v) is 9.90. The molecule has 5 heteroatoms. The maximum atomic E-state index is 9.78. The molecule has 138 valence electrons. The molecule has 0 spiro atoms. The minimum atomic E-state index is -2.52. The summed E-state index contributed by atoms with van der Waals surface area (Å²) in [6, 6.07) is 6.24. The van der Waals surface area contributed by atoms with Crippen LogP contribution in [0.15, 0.2) is 18.2 Å². The van der Waals surface area contributed by atoms with Gasteiger partial charge in [-0.2, -0.15) is 0 Å². The average Bonchev–Trinajstić information content (AvgIpc) is 2.42. The minimum absolute atomic E-state index is 0.0158. The normalized spacial score (nSPS) is 15.0. The largest absolute Gasteiger partial charge is 0.396 e. The van der Waals surface area contributed by atoms with Crippen LogP contribution >= 0.6 is 8.60 Å². The van der Waals surface area contributed by atoms with Gasteiger partial charge in [-0.05, 0) is 27.5 Å². The highest BCUT2D eigenvalue weighted by Gasteiger charge is 2.37. The number of benzene rings is 1. The lowest BCUT2D eigenvalue weighted by atomic mass is 9.74. The number of aliphatic hydroxyl groups is 1. The Hall–Kier alpha value is -0.510. The van der Waals surface area contributed by atoms with E-state index in [4.69, 9.17) is 4.52 Å². The highest BCUT2D eigenvalue weighted by molar-refractivity contribution is 7.39. The van der Waals surface area contributed by atoms with Crippen molar-refractivity contribution >= 4 is 8.60 Å². The molecular formula is C19H33O4P. The zero-order valence-corrected chi connectivity index (χ0v) is 17.1. The van der Waals surface area contributed by atoms with E-state index in [-0.39, 0.29) is 17.4 Å². The smallest absolute Gasteiger partial charge is 0.327 e. The van der Waals surface area contributed by atoms with Gasteiger partial charge in [0, 0.05) is 5.41 Å². The fourth-order valence-electron chi connectivity index (χ4n) is 2.70. The van der Waals surface area contributed by atoms with Gasteiger partial charge in [0.25, 0.3) is 0 Å². The third-order valence-corrected chi connectivity index (χ3v) is 4.73. The van der Waals surface area contributed by atoms with Crippen LogP contribution in [-0.2, 0) is 15.4 Å². The minimum Gasteiger partial charge on any atom is -0.396 e. The monoisotopic (exact) mass is 356 g/mol. The third-order valence-electron chi connectivity index (χ3n) is 4.33. The van der Waals surface area contributed by atoms with Crippen LogP contribution in [0.1, 0.15) is 78.2 Å². The zero-order chi connectivity index (χ0) is 18.9. The van der Waals surface area contributed by atoms with Crippen molar-refractivity contribution in [3.8, 4) is 0 Å². The van der Waals surface area contributed by atoms with E-state index in [1.54, 1.807) is 0 Å². The van der Waals surface area contributed by atoms with E-state index in [0.29, 0.717) is 0 Å². The predicted molar refractivity (Wildman–Crippen MR) is 99.9 cm³/mol. The molecule has 1 atom stereocenters. The Bertz CT molecular complexity index is 553. The molecule has 0 radical (unpaired) electrons. The maximum absolute atomic E-state index is 9.78. The van der Waals surface area contributed by atoms with Crippen LogP contribution in [0.3, 0.4) is 0 Å². The molecule has 0 aliphatic rings. The quantitative estimate of drug-likeness (QED) is 0.676. The Balaban J connectivity index is 3.59.